The number of furan rings is 1. The summed E-state index contributed by atoms with van der Waals surface area (Å²) in [6.07, 6.45) is 22.6. The van der Waals surface area contributed by atoms with Crippen LogP contribution in [0.1, 0.15) is 56.0 Å². The summed E-state index contributed by atoms with van der Waals surface area (Å²) in [6.45, 7) is 10.3. The van der Waals surface area contributed by atoms with Crippen LogP contribution in [0, 0.1) is 0 Å². The SMILES string of the molecule is C/C=C/C(C)=C/C.C=C/C=c1\c(=C2/CC=Cc3c2c2ccccc2n3-c2ccc3c(c2)oc2ccc4c(c23)C=CCC4)c2cccc3c4ccccc4n1c23. The molecule has 5 aromatic carbocycles. The number of fused-ring (bicyclic) bond motifs is 11. The molecule has 3 nitrogen and oxygen atoms in total. The molecule has 0 N–H and O–H groups in total. The molecule has 0 saturated heterocycles. The summed E-state index contributed by atoms with van der Waals surface area (Å²) in [5.41, 5.74) is 14.6. The van der Waals surface area contributed by atoms with Gasteiger partial charge in [-0.15, -0.1) is 0 Å². The number of hydrogen-bond donors (Lipinski definition) is 0. The highest BCUT2D eigenvalue weighted by Gasteiger charge is 2.25. The highest BCUT2D eigenvalue weighted by molar-refractivity contribution is 6.15. The van der Waals surface area contributed by atoms with Crippen molar-refractivity contribution in [2.24, 2.45) is 0 Å². The molecule has 3 heteroatoms. The van der Waals surface area contributed by atoms with Crippen LogP contribution >= 0.6 is 0 Å². The zero-order chi connectivity index (χ0) is 37.2. The minimum absolute atomic E-state index is 0.852. The van der Waals surface area contributed by atoms with E-state index in [-0.39, 0.29) is 0 Å². The Morgan fingerprint density at radius 1 is 0.764 bits per heavy atom. The van der Waals surface area contributed by atoms with Gasteiger partial charge in [0.2, 0.25) is 0 Å². The van der Waals surface area contributed by atoms with Gasteiger partial charge in [0.25, 0.3) is 0 Å². The molecule has 55 heavy (non-hydrogen) atoms. The molecule has 0 aliphatic heterocycles. The molecule has 0 unspecified atom stereocenters. The minimum atomic E-state index is 0.852. The van der Waals surface area contributed by atoms with E-state index in [1.165, 1.54) is 93.0 Å². The quantitative estimate of drug-likeness (QED) is 0.167. The van der Waals surface area contributed by atoms with Crippen LogP contribution < -0.4 is 10.6 Å². The Hall–Kier alpha value is -6.58. The molecular weight excluding hydrogens is 669 g/mol. The summed E-state index contributed by atoms with van der Waals surface area (Å²) in [6, 6.07) is 35.5. The molecule has 0 spiro atoms. The summed E-state index contributed by atoms with van der Waals surface area (Å²) in [7, 11) is 0. The smallest absolute Gasteiger partial charge is 0.137 e. The topological polar surface area (TPSA) is 22.5 Å². The number of nitrogens with zero attached hydrogens (tertiary/aromatic N) is 2. The fraction of sp³-hybridized carbons (Fsp3) is 0.115. The molecule has 9 aromatic rings. The summed E-state index contributed by atoms with van der Waals surface area (Å²) < 4.78 is 11.4. The molecule has 4 heterocycles. The highest BCUT2D eigenvalue weighted by atomic mass is 16.3. The molecule has 0 amide bonds. The van der Waals surface area contributed by atoms with Crippen molar-refractivity contribution >= 4 is 83.8 Å². The third-order valence-electron chi connectivity index (χ3n) is 11.6. The van der Waals surface area contributed by atoms with E-state index in [1.54, 1.807) is 0 Å². The van der Waals surface area contributed by atoms with E-state index in [2.05, 4.69) is 162 Å². The molecule has 0 bridgehead atoms. The van der Waals surface area contributed by atoms with Crippen molar-refractivity contribution in [3.05, 3.63) is 179 Å². The van der Waals surface area contributed by atoms with Crippen LogP contribution in [0.15, 0.2) is 150 Å². The first-order valence-corrected chi connectivity index (χ1v) is 19.4. The minimum Gasteiger partial charge on any atom is -0.456 e. The van der Waals surface area contributed by atoms with Crippen molar-refractivity contribution < 1.29 is 4.42 Å². The average molecular weight is 711 g/mol. The van der Waals surface area contributed by atoms with Crippen LogP contribution in [0.5, 0.6) is 0 Å². The molecule has 0 saturated carbocycles. The highest BCUT2D eigenvalue weighted by Crippen LogP contribution is 2.41. The first-order valence-electron chi connectivity index (χ1n) is 19.4. The molecule has 0 fully saturated rings. The second-order valence-corrected chi connectivity index (χ2v) is 14.7. The van der Waals surface area contributed by atoms with Crippen LogP contribution in [0.2, 0.25) is 0 Å². The van der Waals surface area contributed by atoms with E-state index < -0.39 is 0 Å². The van der Waals surface area contributed by atoms with E-state index in [9.17, 15) is 0 Å². The van der Waals surface area contributed by atoms with Crippen molar-refractivity contribution in [1.29, 1.82) is 0 Å². The van der Waals surface area contributed by atoms with Crippen LogP contribution in [0.3, 0.4) is 0 Å². The Labute approximate surface area is 320 Å². The zero-order valence-electron chi connectivity index (χ0n) is 31.6. The standard InChI is InChI=1S/C45H30N2O.C7H12/c1-2-11-38-43(35-18-9-16-31-30-14-5-7-19-36(30)47(38)45(31)35)34-17-10-21-39-42(34)32-15-6-8-20-37(32)46(39)28-23-24-33-41(26-28)48-40-25-22-27-12-3-4-13-29(27)44(33)40;1-4-6-7(3)5-2/h2,4-11,13-16,18-26H,1,3,12,17H2;4-6H,1-3H3/b38-11+,43-34+;6-4+,7-5+. The van der Waals surface area contributed by atoms with Gasteiger partial charge in [0.05, 0.1) is 27.6 Å². The van der Waals surface area contributed by atoms with E-state index >= 15 is 0 Å². The first kappa shape index (κ1) is 33.0. The van der Waals surface area contributed by atoms with Crippen LogP contribution in [0.25, 0.3) is 89.5 Å². The van der Waals surface area contributed by atoms with Crippen molar-refractivity contribution in [2.45, 2.75) is 40.0 Å². The number of aromatic nitrogens is 2. The average Bonchev–Trinajstić information content (AvgIpc) is 3.97. The summed E-state index contributed by atoms with van der Waals surface area (Å²) >= 11 is 0. The maximum atomic E-state index is 6.56. The second-order valence-electron chi connectivity index (χ2n) is 14.7. The van der Waals surface area contributed by atoms with Gasteiger partial charge in [-0.05, 0) is 99.2 Å². The van der Waals surface area contributed by atoms with Gasteiger partial charge in [0.15, 0.2) is 0 Å². The zero-order valence-corrected chi connectivity index (χ0v) is 31.6. The molecule has 11 rings (SSSR count). The van der Waals surface area contributed by atoms with E-state index in [0.29, 0.717) is 0 Å². The van der Waals surface area contributed by atoms with Gasteiger partial charge >= 0.3 is 0 Å². The van der Waals surface area contributed by atoms with E-state index in [4.69, 9.17) is 4.42 Å². The largest absolute Gasteiger partial charge is 0.456 e. The molecule has 0 atom stereocenters. The van der Waals surface area contributed by atoms with E-state index in [0.717, 1.165) is 36.1 Å². The predicted octanol–water partition coefficient (Wildman–Crippen LogP) is 12.6. The van der Waals surface area contributed by atoms with Crippen molar-refractivity contribution in [3.63, 3.8) is 0 Å². The lowest BCUT2D eigenvalue weighted by Crippen LogP contribution is -2.29. The summed E-state index contributed by atoms with van der Waals surface area (Å²) in [5, 5.41) is 10.00. The Balaban J connectivity index is 0.000000489. The van der Waals surface area contributed by atoms with Gasteiger partial charge < -0.3 is 13.4 Å². The molecule has 2 aliphatic carbocycles. The fourth-order valence-electron chi connectivity index (χ4n) is 9.21. The normalized spacial score (nSPS) is 15.6. The maximum Gasteiger partial charge on any atom is 0.137 e. The Morgan fingerprint density at radius 2 is 1.56 bits per heavy atom. The lowest BCUT2D eigenvalue weighted by atomic mass is 9.92. The third-order valence-corrected chi connectivity index (χ3v) is 11.6. The van der Waals surface area contributed by atoms with Crippen molar-refractivity contribution in [1.82, 2.24) is 8.97 Å². The third kappa shape index (κ3) is 4.96. The van der Waals surface area contributed by atoms with Gasteiger partial charge in [-0.3, -0.25) is 0 Å². The van der Waals surface area contributed by atoms with Gasteiger partial charge in [-0.2, -0.15) is 0 Å². The van der Waals surface area contributed by atoms with Crippen LogP contribution in [0.4, 0.5) is 0 Å². The number of para-hydroxylation sites is 3. The number of benzene rings is 5. The Bertz CT molecular complexity index is 3280. The molecule has 266 valence electrons. The van der Waals surface area contributed by atoms with Gasteiger partial charge in [0.1, 0.15) is 11.2 Å². The maximum absolute atomic E-state index is 6.56. The first-order chi connectivity index (χ1) is 27.1. The molecule has 0 radical (unpaired) electrons. The molecule has 4 aromatic heterocycles. The Morgan fingerprint density at radius 3 is 2.38 bits per heavy atom. The number of aryl methyl sites for hydroxylation is 1. The lowest BCUT2D eigenvalue weighted by molar-refractivity contribution is 0.668. The number of allylic oxidation sites excluding steroid dienone is 7. The van der Waals surface area contributed by atoms with Crippen LogP contribution in [-0.4, -0.2) is 8.97 Å². The Kier molecular flexibility index (Phi) is 7.85. The molecule has 2 aliphatic rings. The predicted molar refractivity (Wildman–Crippen MR) is 236 cm³/mol. The van der Waals surface area contributed by atoms with Gasteiger partial charge in [0, 0.05) is 54.9 Å². The van der Waals surface area contributed by atoms with Crippen LogP contribution in [-0.2, 0) is 6.42 Å². The summed E-state index contributed by atoms with van der Waals surface area (Å²) in [5.74, 6) is 0. The number of rotatable bonds is 3. The monoisotopic (exact) mass is 710 g/mol. The van der Waals surface area contributed by atoms with Crippen molar-refractivity contribution in [3.8, 4) is 5.69 Å². The summed E-state index contributed by atoms with van der Waals surface area (Å²) in [4.78, 5) is 0. The fourth-order valence-corrected chi connectivity index (χ4v) is 9.21. The lowest BCUT2D eigenvalue weighted by Gasteiger charge is -2.15. The molecular formula is C52H42N2O. The van der Waals surface area contributed by atoms with Gasteiger partial charge in [-0.25, -0.2) is 0 Å². The van der Waals surface area contributed by atoms with E-state index in [1.807, 2.05) is 26.0 Å². The van der Waals surface area contributed by atoms with Crippen molar-refractivity contribution in [2.75, 3.05) is 0 Å². The van der Waals surface area contributed by atoms with Gasteiger partial charge in [-0.1, -0.05) is 115 Å². The second kappa shape index (κ2) is 13.1. The number of hydrogen-bond acceptors (Lipinski definition) is 1.